The number of carbonyl (C=O) groups excluding carboxylic acids is 2. The van der Waals surface area contributed by atoms with Gasteiger partial charge in [-0.05, 0) is 19.1 Å². The molecule has 0 N–H and O–H groups in total. The summed E-state index contributed by atoms with van der Waals surface area (Å²) in [6.07, 6.45) is 0.589. The molecule has 0 heterocycles. The van der Waals surface area contributed by atoms with E-state index in [0.717, 1.165) is 0 Å². The lowest BCUT2D eigenvalue weighted by atomic mass is 10.3. The van der Waals surface area contributed by atoms with E-state index in [1.54, 1.807) is 31.2 Å². The van der Waals surface area contributed by atoms with E-state index < -0.39 is 5.97 Å². The molecular formula is C11H13NO3S. The van der Waals surface area contributed by atoms with Crippen molar-refractivity contribution < 1.29 is 14.3 Å². The number of esters is 1. The van der Waals surface area contributed by atoms with Crippen LogP contribution in [0.1, 0.15) is 6.92 Å². The normalized spacial score (nSPS) is 9.62. The number of hydrogen-bond donors (Lipinski definition) is 1. The quantitative estimate of drug-likeness (QED) is 0.481. The third-order valence-corrected chi connectivity index (χ3v) is 2.30. The van der Waals surface area contributed by atoms with Crippen molar-refractivity contribution in [2.45, 2.75) is 11.8 Å². The first-order chi connectivity index (χ1) is 7.69. The number of hydrogen-bond acceptors (Lipinski definition) is 4. The van der Waals surface area contributed by atoms with Crippen molar-refractivity contribution in [2.75, 3.05) is 18.1 Å². The van der Waals surface area contributed by atoms with E-state index in [0.29, 0.717) is 23.6 Å². The van der Waals surface area contributed by atoms with Gasteiger partial charge < -0.3 is 9.64 Å². The first-order valence-electron chi connectivity index (χ1n) is 4.84. The fourth-order valence-corrected chi connectivity index (χ4v) is 1.52. The molecular weight excluding hydrogens is 226 g/mol. The van der Waals surface area contributed by atoms with Crippen LogP contribution in [0.15, 0.2) is 29.2 Å². The van der Waals surface area contributed by atoms with Crippen LogP contribution in [0.5, 0.6) is 0 Å². The molecule has 1 amide bonds. The highest BCUT2D eigenvalue weighted by atomic mass is 32.1. The molecule has 0 saturated carbocycles. The Labute approximate surface area is 99.6 Å². The van der Waals surface area contributed by atoms with Gasteiger partial charge in [-0.1, -0.05) is 12.1 Å². The fraction of sp³-hybridized carbons (Fsp3) is 0.273. The zero-order valence-electron chi connectivity index (χ0n) is 8.92. The van der Waals surface area contributed by atoms with Gasteiger partial charge in [-0.3, -0.25) is 9.59 Å². The van der Waals surface area contributed by atoms with Gasteiger partial charge in [-0.2, -0.15) is 0 Å². The Kier molecular flexibility index (Phi) is 4.85. The van der Waals surface area contributed by atoms with Gasteiger partial charge in [-0.15, -0.1) is 12.6 Å². The second-order valence-corrected chi connectivity index (χ2v) is 3.51. The predicted molar refractivity (Wildman–Crippen MR) is 63.7 cm³/mol. The summed E-state index contributed by atoms with van der Waals surface area (Å²) in [7, 11) is 0. The molecule has 86 valence electrons. The highest BCUT2D eigenvalue weighted by molar-refractivity contribution is 7.80. The lowest BCUT2D eigenvalue weighted by Gasteiger charge is -2.17. The van der Waals surface area contributed by atoms with Crippen molar-refractivity contribution in [1.29, 1.82) is 0 Å². The van der Waals surface area contributed by atoms with Gasteiger partial charge in [0.15, 0.2) is 0 Å². The lowest BCUT2D eigenvalue weighted by molar-refractivity contribution is -0.141. The van der Waals surface area contributed by atoms with Gasteiger partial charge in [-0.25, -0.2) is 0 Å². The zero-order valence-corrected chi connectivity index (χ0v) is 9.81. The minimum absolute atomic E-state index is 0.102. The van der Waals surface area contributed by atoms with Crippen molar-refractivity contribution in [3.8, 4) is 0 Å². The number of anilines is 1. The second-order valence-electron chi connectivity index (χ2n) is 3.03. The third-order valence-electron chi connectivity index (χ3n) is 1.92. The van der Waals surface area contributed by atoms with E-state index in [1.165, 1.54) is 4.90 Å². The molecule has 1 aromatic rings. The van der Waals surface area contributed by atoms with Crippen molar-refractivity contribution in [1.82, 2.24) is 0 Å². The summed E-state index contributed by atoms with van der Waals surface area (Å²) in [6, 6.07) is 7.05. The summed E-state index contributed by atoms with van der Waals surface area (Å²) in [5, 5.41) is 0. The summed E-state index contributed by atoms with van der Waals surface area (Å²) in [6.45, 7) is 1.92. The van der Waals surface area contributed by atoms with Gasteiger partial charge in [0.25, 0.3) is 0 Å². The summed E-state index contributed by atoms with van der Waals surface area (Å²) in [4.78, 5) is 24.0. The van der Waals surface area contributed by atoms with Gasteiger partial charge in [0, 0.05) is 4.90 Å². The van der Waals surface area contributed by atoms with E-state index in [1.807, 2.05) is 0 Å². The minimum Gasteiger partial charge on any atom is -0.465 e. The molecule has 1 aromatic carbocycles. The number of nitrogens with zero attached hydrogens (tertiary/aromatic N) is 1. The molecule has 0 fully saturated rings. The molecule has 0 aliphatic carbocycles. The van der Waals surface area contributed by atoms with Crippen molar-refractivity contribution in [3.05, 3.63) is 24.3 Å². The summed E-state index contributed by atoms with van der Waals surface area (Å²) < 4.78 is 4.77. The van der Waals surface area contributed by atoms with Crippen molar-refractivity contribution in [3.63, 3.8) is 0 Å². The Morgan fingerprint density at radius 2 is 2.19 bits per heavy atom. The topological polar surface area (TPSA) is 46.6 Å². The molecule has 0 bridgehead atoms. The van der Waals surface area contributed by atoms with Crippen LogP contribution in [0.2, 0.25) is 0 Å². The number of amides is 1. The number of thiol groups is 1. The molecule has 5 heteroatoms. The average molecular weight is 239 g/mol. The predicted octanol–water partition coefficient (Wildman–Crippen LogP) is 1.50. The Morgan fingerprint density at radius 1 is 1.50 bits per heavy atom. The third kappa shape index (κ3) is 3.27. The van der Waals surface area contributed by atoms with Crippen LogP contribution in [0.25, 0.3) is 0 Å². The number of benzene rings is 1. The molecule has 16 heavy (non-hydrogen) atoms. The highest BCUT2D eigenvalue weighted by Gasteiger charge is 2.13. The zero-order chi connectivity index (χ0) is 12.0. The second kappa shape index (κ2) is 6.17. The molecule has 1 rings (SSSR count). The molecule has 4 nitrogen and oxygen atoms in total. The van der Waals surface area contributed by atoms with Crippen LogP contribution in [-0.2, 0) is 14.3 Å². The van der Waals surface area contributed by atoms with E-state index in [9.17, 15) is 9.59 Å². The van der Waals surface area contributed by atoms with E-state index in [2.05, 4.69) is 12.6 Å². The molecule has 0 aliphatic rings. The maximum absolute atomic E-state index is 11.2. The van der Waals surface area contributed by atoms with Crippen molar-refractivity contribution in [2.24, 2.45) is 0 Å². The number of carbonyl (C=O) groups is 2. The summed E-state index contributed by atoms with van der Waals surface area (Å²) >= 11 is 4.21. The lowest BCUT2D eigenvalue weighted by Crippen LogP contribution is -2.29. The smallest absolute Gasteiger partial charge is 0.326 e. The Balaban J connectivity index is 2.79. The molecule has 0 aliphatic heterocycles. The van der Waals surface area contributed by atoms with Gasteiger partial charge in [0.2, 0.25) is 6.41 Å². The molecule has 0 saturated heterocycles. The molecule has 0 unspecified atom stereocenters. The molecule has 0 atom stereocenters. The SMILES string of the molecule is CCOC(=O)CN(C=O)c1ccccc1S. The van der Waals surface area contributed by atoms with Crippen LogP contribution in [0, 0.1) is 0 Å². The maximum atomic E-state index is 11.2. The van der Waals surface area contributed by atoms with E-state index in [4.69, 9.17) is 4.74 Å². The van der Waals surface area contributed by atoms with E-state index in [-0.39, 0.29) is 6.54 Å². The monoisotopic (exact) mass is 239 g/mol. The first kappa shape index (κ1) is 12.6. The van der Waals surface area contributed by atoms with Gasteiger partial charge >= 0.3 is 5.97 Å². The Morgan fingerprint density at radius 3 is 2.75 bits per heavy atom. The highest BCUT2D eigenvalue weighted by Crippen LogP contribution is 2.22. The maximum Gasteiger partial charge on any atom is 0.326 e. The summed E-state index contributed by atoms with van der Waals surface area (Å²) in [5.41, 5.74) is 0.592. The molecule has 0 radical (unpaired) electrons. The van der Waals surface area contributed by atoms with Crippen molar-refractivity contribution >= 4 is 30.7 Å². The molecule has 0 aromatic heterocycles. The number of ether oxygens (including phenoxy) is 1. The van der Waals surface area contributed by atoms with Crippen LogP contribution in [-0.4, -0.2) is 25.5 Å². The van der Waals surface area contributed by atoms with Gasteiger partial charge in [0.1, 0.15) is 6.54 Å². The number of rotatable bonds is 5. The van der Waals surface area contributed by atoms with Crippen LogP contribution >= 0.6 is 12.6 Å². The summed E-state index contributed by atoms with van der Waals surface area (Å²) in [5.74, 6) is -0.439. The average Bonchev–Trinajstić information content (AvgIpc) is 2.27. The van der Waals surface area contributed by atoms with Gasteiger partial charge in [0.05, 0.1) is 12.3 Å². The number of para-hydroxylation sites is 1. The van der Waals surface area contributed by atoms with Crippen LogP contribution in [0.3, 0.4) is 0 Å². The van der Waals surface area contributed by atoms with Crippen LogP contribution in [0.4, 0.5) is 5.69 Å². The Bertz CT molecular complexity index is 381. The largest absolute Gasteiger partial charge is 0.465 e. The first-order valence-corrected chi connectivity index (χ1v) is 5.29. The molecule has 0 spiro atoms. The fourth-order valence-electron chi connectivity index (χ4n) is 1.23. The standard InChI is InChI=1S/C11H13NO3S/c1-2-15-11(14)7-12(8-13)9-5-3-4-6-10(9)16/h3-6,8,16H,2,7H2,1H3. The Hall–Kier alpha value is -1.49. The van der Waals surface area contributed by atoms with Crippen LogP contribution < -0.4 is 4.90 Å². The van der Waals surface area contributed by atoms with E-state index >= 15 is 0 Å². The minimum atomic E-state index is -0.439.